The lowest BCUT2D eigenvalue weighted by molar-refractivity contribution is -0.192. The molecule has 3 aromatic rings. The largest absolute Gasteiger partial charge is 0.490 e. The quantitative estimate of drug-likeness (QED) is 0.344. The first-order chi connectivity index (χ1) is 18.9. The first-order valence-electron chi connectivity index (χ1n) is 12.5. The lowest BCUT2D eigenvalue weighted by Crippen LogP contribution is -2.60. The molecule has 212 valence electrons. The molecule has 0 aromatic heterocycles. The number of alkyl halides is 3. The van der Waals surface area contributed by atoms with Gasteiger partial charge in [0.2, 0.25) is 0 Å². The maximum Gasteiger partial charge on any atom is 0.490 e. The standard InChI is InChI=1S/C27H26ClFN2O2.C2HF3O2/c28-22-7-5-20(6-8-22)26(32)31-15-13-27(14-16-31)18-30(19-27)17-21-3-1-2-4-25(21)33-24-11-9-23(29)10-12-24;3-2(4,5)1(6)7/h1-12H,13-19H2;(H,6,7). The van der Waals surface area contributed by atoms with Crippen molar-refractivity contribution < 1.29 is 37.0 Å². The van der Waals surface area contributed by atoms with E-state index in [2.05, 4.69) is 11.0 Å². The summed E-state index contributed by atoms with van der Waals surface area (Å²) in [6.45, 7) is 4.45. The van der Waals surface area contributed by atoms with Crippen LogP contribution in [0.1, 0.15) is 28.8 Å². The van der Waals surface area contributed by atoms with Crippen LogP contribution in [0.4, 0.5) is 17.6 Å². The van der Waals surface area contributed by atoms with E-state index in [0.29, 0.717) is 21.8 Å². The number of ether oxygens (including phenoxy) is 1. The Morgan fingerprint density at radius 2 is 1.50 bits per heavy atom. The lowest BCUT2D eigenvalue weighted by Gasteiger charge is -2.54. The molecule has 2 saturated heterocycles. The fourth-order valence-corrected chi connectivity index (χ4v) is 5.02. The van der Waals surface area contributed by atoms with Gasteiger partial charge in [-0.15, -0.1) is 0 Å². The highest BCUT2D eigenvalue weighted by Gasteiger charge is 2.45. The molecule has 0 bridgehead atoms. The number of para-hydroxylation sites is 1. The Bertz CT molecular complexity index is 1320. The summed E-state index contributed by atoms with van der Waals surface area (Å²) in [6.07, 6.45) is -3.03. The summed E-state index contributed by atoms with van der Waals surface area (Å²) in [6, 6.07) is 21.2. The van der Waals surface area contributed by atoms with Crippen molar-refractivity contribution in [1.82, 2.24) is 9.80 Å². The summed E-state index contributed by atoms with van der Waals surface area (Å²) in [5, 5.41) is 7.77. The number of carboxylic acid groups (broad SMARTS) is 1. The van der Waals surface area contributed by atoms with Crippen molar-refractivity contribution in [3.05, 3.63) is 94.8 Å². The van der Waals surface area contributed by atoms with Crippen LogP contribution in [0, 0.1) is 11.2 Å². The molecule has 2 aliphatic heterocycles. The smallest absolute Gasteiger partial charge is 0.475 e. The van der Waals surface area contributed by atoms with Crippen molar-refractivity contribution >= 4 is 23.5 Å². The molecule has 1 amide bonds. The molecule has 0 saturated carbocycles. The maximum absolute atomic E-state index is 13.2. The van der Waals surface area contributed by atoms with Gasteiger partial charge in [-0.2, -0.15) is 13.2 Å². The van der Waals surface area contributed by atoms with Crippen molar-refractivity contribution in [1.29, 1.82) is 0 Å². The Balaban J connectivity index is 0.000000470. The van der Waals surface area contributed by atoms with Gasteiger partial charge in [0.15, 0.2) is 0 Å². The summed E-state index contributed by atoms with van der Waals surface area (Å²) >= 11 is 5.94. The van der Waals surface area contributed by atoms with Crippen LogP contribution in [0.15, 0.2) is 72.8 Å². The van der Waals surface area contributed by atoms with Crippen LogP contribution in [-0.2, 0) is 11.3 Å². The summed E-state index contributed by atoms with van der Waals surface area (Å²) < 4.78 is 50.9. The van der Waals surface area contributed by atoms with E-state index >= 15 is 0 Å². The molecule has 0 aliphatic carbocycles. The van der Waals surface area contributed by atoms with Crippen molar-refractivity contribution in [3.63, 3.8) is 0 Å². The molecule has 2 heterocycles. The molecule has 1 N–H and O–H groups in total. The predicted molar refractivity (Wildman–Crippen MR) is 141 cm³/mol. The number of likely N-dealkylation sites (tertiary alicyclic amines) is 2. The number of benzene rings is 3. The average Bonchev–Trinajstić information content (AvgIpc) is 2.90. The molecule has 0 unspecified atom stereocenters. The zero-order valence-corrected chi connectivity index (χ0v) is 22.1. The number of carbonyl (C=O) groups excluding carboxylic acids is 1. The van der Waals surface area contributed by atoms with Crippen molar-refractivity contribution in [3.8, 4) is 11.5 Å². The highest BCUT2D eigenvalue weighted by atomic mass is 35.5. The molecular formula is C29H27ClF4N2O4. The van der Waals surface area contributed by atoms with E-state index in [9.17, 15) is 22.4 Å². The molecular weight excluding hydrogens is 552 g/mol. The summed E-state index contributed by atoms with van der Waals surface area (Å²) in [5.74, 6) is -1.52. The van der Waals surface area contributed by atoms with Crippen molar-refractivity contribution in [2.24, 2.45) is 5.41 Å². The van der Waals surface area contributed by atoms with Crippen LogP contribution in [0.2, 0.25) is 5.02 Å². The van der Waals surface area contributed by atoms with E-state index in [4.69, 9.17) is 26.2 Å². The lowest BCUT2D eigenvalue weighted by atomic mass is 9.71. The van der Waals surface area contributed by atoms with Gasteiger partial charge in [-0.25, -0.2) is 9.18 Å². The molecule has 5 rings (SSSR count). The van der Waals surface area contributed by atoms with Crippen molar-refractivity contribution in [2.45, 2.75) is 25.6 Å². The normalized spacial score (nSPS) is 16.5. The van der Waals surface area contributed by atoms with E-state index in [1.54, 1.807) is 36.4 Å². The van der Waals surface area contributed by atoms with Gasteiger partial charge in [0, 0.05) is 48.9 Å². The Kier molecular flexibility index (Phi) is 9.00. The van der Waals surface area contributed by atoms with E-state index in [-0.39, 0.29) is 11.7 Å². The number of carbonyl (C=O) groups is 2. The molecule has 11 heteroatoms. The summed E-state index contributed by atoms with van der Waals surface area (Å²) in [5.41, 5.74) is 2.11. The van der Waals surface area contributed by atoms with E-state index in [0.717, 1.165) is 56.9 Å². The highest BCUT2D eigenvalue weighted by molar-refractivity contribution is 6.30. The number of nitrogens with zero attached hydrogens (tertiary/aromatic N) is 2. The number of carboxylic acids is 1. The zero-order valence-electron chi connectivity index (χ0n) is 21.3. The van der Waals surface area contributed by atoms with Gasteiger partial charge in [-0.05, 0) is 72.9 Å². The summed E-state index contributed by atoms with van der Waals surface area (Å²) in [4.78, 5) is 26.1. The number of hydrogen-bond donors (Lipinski definition) is 1. The monoisotopic (exact) mass is 578 g/mol. The minimum absolute atomic E-state index is 0.0876. The fourth-order valence-electron chi connectivity index (χ4n) is 4.89. The van der Waals surface area contributed by atoms with Crippen LogP contribution in [0.25, 0.3) is 0 Å². The minimum atomic E-state index is -5.08. The van der Waals surface area contributed by atoms with E-state index in [1.807, 2.05) is 23.1 Å². The fraction of sp³-hybridized carbons (Fsp3) is 0.310. The van der Waals surface area contributed by atoms with E-state index < -0.39 is 12.1 Å². The van der Waals surface area contributed by atoms with E-state index in [1.165, 1.54) is 12.1 Å². The molecule has 40 heavy (non-hydrogen) atoms. The third-order valence-electron chi connectivity index (χ3n) is 6.97. The van der Waals surface area contributed by atoms with Crippen LogP contribution in [0.5, 0.6) is 11.5 Å². The topological polar surface area (TPSA) is 70.1 Å². The second-order valence-electron chi connectivity index (χ2n) is 9.91. The number of hydrogen-bond acceptors (Lipinski definition) is 4. The second kappa shape index (κ2) is 12.3. The third-order valence-corrected chi connectivity index (χ3v) is 7.22. The Morgan fingerprint density at radius 1 is 0.925 bits per heavy atom. The first kappa shape index (κ1) is 29.4. The Labute approximate surface area is 233 Å². The van der Waals surface area contributed by atoms with Crippen LogP contribution < -0.4 is 4.74 Å². The summed E-state index contributed by atoms with van der Waals surface area (Å²) in [7, 11) is 0. The van der Waals surface area contributed by atoms with Crippen LogP contribution >= 0.6 is 11.6 Å². The predicted octanol–water partition coefficient (Wildman–Crippen LogP) is 6.64. The number of rotatable bonds is 5. The third kappa shape index (κ3) is 7.51. The zero-order chi connectivity index (χ0) is 28.9. The molecule has 3 aromatic carbocycles. The average molecular weight is 579 g/mol. The van der Waals surface area contributed by atoms with Crippen LogP contribution in [0.3, 0.4) is 0 Å². The first-order valence-corrected chi connectivity index (χ1v) is 12.9. The van der Waals surface area contributed by atoms with Gasteiger partial charge >= 0.3 is 12.1 Å². The Morgan fingerprint density at radius 3 is 2.08 bits per heavy atom. The number of aliphatic carboxylic acids is 1. The molecule has 0 radical (unpaired) electrons. The molecule has 2 aliphatic rings. The molecule has 0 atom stereocenters. The SMILES string of the molecule is O=C(O)C(F)(F)F.O=C(c1ccc(Cl)cc1)N1CCC2(CC1)CN(Cc1ccccc1Oc1ccc(F)cc1)C2. The molecule has 2 fully saturated rings. The molecule has 1 spiro atoms. The molecule has 6 nitrogen and oxygen atoms in total. The maximum atomic E-state index is 13.2. The number of halogens is 5. The minimum Gasteiger partial charge on any atom is -0.475 e. The van der Waals surface area contributed by atoms with Gasteiger partial charge < -0.3 is 14.7 Å². The van der Waals surface area contributed by atoms with Gasteiger partial charge in [0.1, 0.15) is 17.3 Å². The highest BCUT2D eigenvalue weighted by Crippen LogP contribution is 2.42. The van der Waals surface area contributed by atoms with Crippen molar-refractivity contribution in [2.75, 3.05) is 26.2 Å². The second-order valence-corrected chi connectivity index (χ2v) is 10.3. The van der Waals surface area contributed by atoms with Gasteiger partial charge in [-0.1, -0.05) is 29.8 Å². The van der Waals surface area contributed by atoms with Gasteiger partial charge in [-0.3, -0.25) is 9.69 Å². The number of amides is 1. The number of piperidine rings is 1. The Hall–Kier alpha value is -3.63. The van der Waals surface area contributed by atoms with Gasteiger partial charge in [0.05, 0.1) is 0 Å². The van der Waals surface area contributed by atoms with Crippen LogP contribution in [-0.4, -0.2) is 59.1 Å². The van der Waals surface area contributed by atoms with Gasteiger partial charge in [0.25, 0.3) is 5.91 Å².